The number of rotatable bonds is 3. The molecule has 3 heteroatoms. The largest absolute Gasteiger partial charge is 0.497 e. The molecule has 0 spiro atoms. The van der Waals surface area contributed by atoms with E-state index in [1.807, 2.05) is 18.2 Å². The summed E-state index contributed by atoms with van der Waals surface area (Å²) in [6.45, 7) is 0. The Kier molecular flexibility index (Phi) is 5.84. The Morgan fingerprint density at radius 2 is 1.74 bits per heavy atom. The fourth-order valence-electron chi connectivity index (χ4n) is 2.89. The zero-order chi connectivity index (χ0) is 13.7. The molecule has 1 aromatic rings. The molecule has 0 N–H and O–H groups in total. The first-order valence-electron chi connectivity index (χ1n) is 7.20. The van der Waals surface area contributed by atoms with Crippen LogP contribution in [0.1, 0.15) is 55.9 Å². The number of methoxy groups -OCH3 is 1. The van der Waals surface area contributed by atoms with Gasteiger partial charge < -0.3 is 4.74 Å². The van der Waals surface area contributed by atoms with Gasteiger partial charge in [0.2, 0.25) is 0 Å². The molecule has 1 aliphatic carbocycles. The third kappa shape index (κ3) is 4.03. The molecule has 1 atom stereocenters. The van der Waals surface area contributed by atoms with Crippen LogP contribution in [0.2, 0.25) is 5.02 Å². The fourth-order valence-corrected chi connectivity index (χ4v) is 3.68. The number of halogens is 2. The minimum atomic E-state index is 0.0245. The third-order valence-electron chi connectivity index (χ3n) is 4.07. The fraction of sp³-hybridized carbons (Fsp3) is 0.625. The molecule has 0 aromatic heterocycles. The quantitative estimate of drug-likeness (QED) is 0.623. The predicted molar refractivity (Wildman–Crippen MR) is 82.4 cm³/mol. The van der Waals surface area contributed by atoms with E-state index in [4.69, 9.17) is 27.9 Å². The van der Waals surface area contributed by atoms with Crippen molar-refractivity contribution in [1.82, 2.24) is 0 Å². The second kappa shape index (κ2) is 7.40. The lowest BCUT2D eigenvalue weighted by molar-refractivity contribution is 0.368. The lowest BCUT2D eigenvalue weighted by Crippen LogP contribution is -2.11. The van der Waals surface area contributed by atoms with Crippen molar-refractivity contribution >= 4 is 23.2 Å². The Bertz CT molecular complexity index is 398. The molecule has 1 fully saturated rings. The van der Waals surface area contributed by atoms with Crippen molar-refractivity contribution in [3.8, 4) is 5.75 Å². The first-order valence-corrected chi connectivity index (χ1v) is 8.01. The topological polar surface area (TPSA) is 9.23 Å². The molecular formula is C16H22Cl2O. The number of hydrogen-bond donors (Lipinski definition) is 0. The summed E-state index contributed by atoms with van der Waals surface area (Å²) in [5.74, 6) is 1.34. The summed E-state index contributed by atoms with van der Waals surface area (Å²) in [4.78, 5) is 0. The number of ether oxygens (including phenoxy) is 1. The number of hydrogen-bond acceptors (Lipinski definition) is 1. The third-order valence-corrected chi connectivity index (χ3v) is 4.99. The van der Waals surface area contributed by atoms with Gasteiger partial charge in [-0.2, -0.15) is 0 Å². The van der Waals surface area contributed by atoms with Gasteiger partial charge in [-0.3, -0.25) is 0 Å². The van der Waals surface area contributed by atoms with Gasteiger partial charge >= 0.3 is 0 Å². The summed E-state index contributed by atoms with van der Waals surface area (Å²) in [5.41, 5.74) is 1.05. The summed E-state index contributed by atoms with van der Waals surface area (Å²) in [7, 11) is 1.65. The maximum absolute atomic E-state index is 6.69. The molecule has 19 heavy (non-hydrogen) atoms. The Hall–Kier alpha value is -0.400. The Morgan fingerprint density at radius 3 is 2.32 bits per heavy atom. The number of alkyl halides is 1. The van der Waals surface area contributed by atoms with Crippen LogP contribution in [0.3, 0.4) is 0 Å². The van der Waals surface area contributed by atoms with E-state index >= 15 is 0 Å². The molecule has 1 aliphatic rings. The van der Waals surface area contributed by atoms with Gasteiger partial charge in [0, 0.05) is 5.02 Å². The zero-order valence-corrected chi connectivity index (χ0v) is 13.0. The molecular weight excluding hydrogens is 279 g/mol. The lowest BCUT2D eigenvalue weighted by atomic mass is 9.86. The van der Waals surface area contributed by atoms with Crippen LogP contribution in [-0.2, 0) is 0 Å². The molecule has 0 bridgehead atoms. The van der Waals surface area contributed by atoms with Gasteiger partial charge in [0.05, 0.1) is 12.5 Å². The van der Waals surface area contributed by atoms with Crippen LogP contribution in [0.25, 0.3) is 0 Å². The minimum absolute atomic E-state index is 0.0245. The molecule has 0 aliphatic heterocycles. The van der Waals surface area contributed by atoms with Crippen molar-refractivity contribution in [2.75, 3.05) is 7.11 Å². The molecule has 0 heterocycles. The van der Waals surface area contributed by atoms with Crippen LogP contribution in [0.4, 0.5) is 0 Å². The van der Waals surface area contributed by atoms with E-state index in [2.05, 4.69) is 0 Å². The first kappa shape index (κ1) is 15.0. The van der Waals surface area contributed by atoms with Gasteiger partial charge in [0.25, 0.3) is 0 Å². The molecule has 2 rings (SSSR count). The highest BCUT2D eigenvalue weighted by Crippen LogP contribution is 2.40. The average Bonchev–Trinajstić information content (AvgIpc) is 2.37. The Morgan fingerprint density at radius 1 is 1.11 bits per heavy atom. The van der Waals surface area contributed by atoms with Gasteiger partial charge in [-0.1, -0.05) is 49.8 Å². The van der Waals surface area contributed by atoms with Gasteiger partial charge in [-0.05, 0) is 36.5 Å². The van der Waals surface area contributed by atoms with Crippen molar-refractivity contribution < 1.29 is 4.74 Å². The van der Waals surface area contributed by atoms with E-state index in [0.717, 1.165) is 16.3 Å². The van der Waals surface area contributed by atoms with E-state index in [-0.39, 0.29) is 5.38 Å². The van der Waals surface area contributed by atoms with Gasteiger partial charge in [0.1, 0.15) is 5.75 Å². The SMILES string of the molecule is COc1ccc(C(Cl)C2CCCCCCC2)c(Cl)c1. The van der Waals surface area contributed by atoms with Crippen LogP contribution in [0, 0.1) is 5.92 Å². The molecule has 1 unspecified atom stereocenters. The van der Waals surface area contributed by atoms with E-state index in [0.29, 0.717) is 5.92 Å². The first-order chi connectivity index (χ1) is 9.22. The van der Waals surface area contributed by atoms with Crippen LogP contribution in [0.5, 0.6) is 5.75 Å². The smallest absolute Gasteiger partial charge is 0.120 e. The van der Waals surface area contributed by atoms with Crippen LogP contribution in [0.15, 0.2) is 18.2 Å². The van der Waals surface area contributed by atoms with E-state index in [1.54, 1.807) is 7.11 Å². The van der Waals surface area contributed by atoms with Gasteiger partial charge in [-0.15, -0.1) is 11.6 Å². The van der Waals surface area contributed by atoms with Gasteiger partial charge in [0.15, 0.2) is 0 Å². The molecule has 1 nitrogen and oxygen atoms in total. The number of benzene rings is 1. The van der Waals surface area contributed by atoms with E-state index in [1.165, 1.54) is 44.9 Å². The molecule has 1 aromatic carbocycles. The molecule has 0 amide bonds. The Balaban J connectivity index is 2.10. The molecule has 0 radical (unpaired) electrons. The molecule has 1 saturated carbocycles. The van der Waals surface area contributed by atoms with Crippen molar-refractivity contribution in [3.05, 3.63) is 28.8 Å². The highest BCUT2D eigenvalue weighted by atomic mass is 35.5. The van der Waals surface area contributed by atoms with Crippen LogP contribution < -0.4 is 4.74 Å². The van der Waals surface area contributed by atoms with Crippen molar-refractivity contribution in [3.63, 3.8) is 0 Å². The minimum Gasteiger partial charge on any atom is -0.497 e. The van der Waals surface area contributed by atoms with Crippen molar-refractivity contribution in [2.24, 2.45) is 5.92 Å². The van der Waals surface area contributed by atoms with Crippen molar-refractivity contribution in [2.45, 2.75) is 50.3 Å². The monoisotopic (exact) mass is 300 g/mol. The van der Waals surface area contributed by atoms with E-state index < -0.39 is 0 Å². The summed E-state index contributed by atoms with van der Waals surface area (Å²) in [5, 5.41) is 0.748. The zero-order valence-electron chi connectivity index (χ0n) is 11.5. The maximum atomic E-state index is 6.69. The predicted octanol–water partition coefficient (Wildman–Crippen LogP) is 5.99. The van der Waals surface area contributed by atoms with Crippen LogP contribution >= 0.6 is 23.2 Å². The summed E-state index contributed by atoms with van der Waals surface area (Å²) >= 11 is 13.0. The maximum Gasteiger partial charge on any atom is 0.120 e. The molecule has 0 saturated heterocycles. The van der Waals surface area contributed by atoms with Crippen molar-refractivity contribution in [1.29, 1.82) is 0 Å². The summed E-state index contributed by atoms with van der Waals surface area (Å²) in [6, 6.07) is 5.81. The average molecular weight is 301 g/mol. The lowest BCUT2D eigenvalue weighted by Gasteiger charge is -2.25. The second-order valence-corrected chi connectivity index (χ2v) is 6.27. The normalized spacial score (nSPS) is 19.5. The van der Waals surface area contributed by atoms with Gasteiger partial charge in [-0.25, -0.2) is 0 Å². The second-order valence-electron chi connectivity index (χ2n) is 5.39. The van der Waals surface area contributed by atoms with E-state index in [9.17, 15) is 0 Å². The summed E-state index contributed by atoms with van der Waals surface area (Å²) < 4.78 is 5.18. The van der Waals surface area contributed by atoms with Crippen LogP contribution in [-0.4, -0.2) is 7.11 Å². The standard InChI is InChI=1S/C16H22Cl2O/c1-19-13-9-10-14(15(17)11-13)16(18)12-7-5-3-2-4-6-8-12/h9-12,16H,2-8H2,1H3. The molecule has 106 valence electrons. The highest BCUT2D eigenvalue weighted by molar-refractivity contribution is 6.33. The highest BCUT2D eigenvalue weighted by Gasteiger charge is 2.23. The Labute approximate surface area is 126 Å². The summed E-state index contributed by atoms with van der Waals surface area (Å²) in [6.07, 6.45) is 9.09.